The van der Waals surface area contributed by atoms with Crippen LogP contribution in [-0.2, 0) is 6.11 Å². The molecule has 5 heteroatoms. The molecule has 2 aromatic carbocycles. The Hall–Kier alpha value is -1.49. The number of rotatable bonds is 3. The quantitative estimate of drug-likeness (QED) is 0.646. The van der Waals surface area contributed by atoms with Gasteiger partial charge in [0.1, 0.15) is 11.6 Å². The van der Waals surface area contributed by atoms with Crippen LogP contribution in [0.3, 0.4) is 0 Å². The Balaban J connectivity index is 2.44. The Kier molecular flexibility index (Phi) is 4.57. The van der Waals surface area contributed by atoms with Crippen LogP contribution >= 0.6 is 15.9 Å². The molecule has 0 spiro atoms. The monoisotopic (exact) mass is 372 g/mol. The highest BCUT2D eigenvalue weighted by Crippen LogP contribution is 2.37. The third-order valence-electron chi connectivity index (χ3n) is 3.44. The van der Waals surface area contributed by atoms with Gasteiger partial charge in [-0.1, -0.05) is 15.9 Å². The van der Waals surface area contributed by atoms with Gasteiger partial charge in [0, 0.05) is 4.47 Å². The lowest BCUT2D eigenvalue weighted by molar-refractivity contribution is -0.186. The second kappa shape index (κ2) is 5.95. The molecule has 0 aliphatic heterocycles. The predicted molar refractivity (Wildman–Crippen MR) is 84.0 cm³/mol. The number of ether oxygens (including phenoxy) is 1. The molecule has 0 bridgehead atoms. The van der Waals surface area contributed by atoms with Gasteiger partial charge in [-0.3, -0.25) is 0 Å². The number of aryl methyl sites for hydroxylation is 4. The van der Waals surface area contributed by atoms with E-state index in [1.807, 2.05) is 0 Å². The van der Waals surface area contributed by atoms with Crippen molar-refractivity contribution in [2.75, 3.05) is 0 Å². The molecule has 0 fully saturated rings. The van der Waals surface area contributed by atoms with Gasteiger partial charge in [-0.2, -0.15) is 8.78 Å². The Labute approximate surface area is 136 Å². The summed E-state index contributed by atoms with van der Waals surface area (Å²) in [6, 6.07) is 5.78. The standard InChI is InChI=1S/C17H16BrF3O/c1-9-5-13(18)6-10(2)15(9)17(20,21)22-14-7-11(3)16(19)12(4)8-14/h5-8H,1-4H3. The Morgan fingerprint density at radius 3 is 1.77 bits per heavy atom. The first-order valence-corrected chi connectivity index (χ1v) is 7.52. The van der Waals surface area contributed by atoms with Crippen molar-refractivity contribution in [2.24, 2.45) is 0 Å². The van der Waals surface area contributed by atoms with Gasteiger partial charge in [-0.05, 0) is 74.2 Å². The molecule has 0 N–H and O–H groups in total. The number of hydrogen-bond donors (Lipinski definition) is 0. The van der Waals surface area contributed by atoms with E-state index in [1.165, 1.54) is 26.0 Å². The van der Waals surface area contributed by atoms with Crippen LogP contribution in [0.1, 0.15) is 27.8 Å². The molecular weight excluding hydrogens is 357 g/mol. The van der Waals surface area contributed by atoms with E-state index < -0.39 is 11.9 Å². The molecule has 0 aliphatic rings. The minimum atomic E-state index is -3.49. The third kappa shape index (κ3) is 3.29. The first-order valence-electron chi connectivity index (χ1n) is 6.72. The highest BCUT2D eigenvalue weighted by molar-refractivity contribution is 9.10. The summed E-state index contributed by atoms with van der Waals surface area (Å²) in [6.07, 6.45) is -3.49. The summed E-state index contributed by atoms with van der Waals surface area (Å²) in [5.74, 6) is -0.463. The number of benzene rings is 2. The highest BCUT2D eigenvalue weighted by Gasteiger charge is 2.38. The molecule has 0 atom stereocenters. The van der Waals surface area contributed by atoms with Crippen molar-refractivity contribution in [1.82, 2.24) is 0 Å². The topological polar surface area (TPSA) is 9.23 Å². The van der Waals surface area contributed by atoms with Crippen LogP contribution < -0.4 is 4.74 Å². The van der Waals surface area contributed by atoms with Gasteiger partial charge >= 0.3 is 6.11 Å². The molecule has 2 rings (SSSR count). The maximum absolute atomic E-state index is 14.5. The molecule has 118 valence electrons. The summed E-state index contributed by atoms with van der Waals surface area (Å²) in [5.41, 5.74) is 1.22. The molecule has 0 unspecified atom stereocenters. The van der Waals surface area contributed by atoms with E-state index in [2.05, 4.69) is 15.9 Å². The van der Waals surface area contributed by atoms with Crippen LogP contribution in [-0.4, -0.2) is 0 Å². The normalized spacial score (nSPS) is 11.6. The summed E-state index contributed by atoms with van der Waals surface area (Å²) in [6.45, 7) is 6.24. The van der Waals surface area contributed by atoms with E-state index >= 15 is 0 Å². The Bertz CT molecular complexity index is 680. The van der Waals surface area contributed by atoms with E-state index in [0.29, 0.717) is 11.1 Å². The van der Waals surface area contributed by atoms with Crippen LogP contribution in [0.4, 0.5) is 13.2 Å². The number of alkyl halides is 2. The smallest absolute Gasteiger partial charge is 0.427 e. The molecule has 0 amide bonds. The number of halogens is 4. The van der Waals surface area contributed by atoms with Crippen LogP contribution in [0.2, 0.25) is 0 Å². The first-order chi connectivity index (χ1) is 10.1. The molecule has 0 saturated carbocycles. The van der Waals surface area contributed by atoms with Gasteiger partial charge < -0.3 is 4.74 Å². The van der Waals surface area contributed by atoms with E-state index in [0.717, 1.165) is 4.47 Å². The largest absolute Gasteiger partial charge is 0.429 e. The minimum Gasteiger partial charge on any atom is -0.429 e. The lowest BCUT2D eigenvalue weighted by atomic mass is 10.0. The third-order valence-corrected chi connectivity index (χ3v) is 3.90. The molecule has 0 aliphatic carbocycles. The first kappa shape index (κ1) is 16.9. The number of hydrogen-bond acceptors (Lipinski definition) is 1. The van der Waals surface area contributed by atoms with Crippen LogP contribution in [0.15, 0.2) is 28.7 Å². The molecule has 0 aromatic heterocycles. The SMILES string of the molecule is Cc1cc(OC(F)(F)c2c(C)cc(Br)cc2C)cc(C)c1F. The predicted octanol–water partition coefficient (Wildman–Crippen LogP) is 5.95. The average Bonchev–Trinajstić information content (AvgIpc) is 2.33. The lowest BCUT2D eigenvalue weighted by Crippen LogP contribution is -2.24. The second-order valence-electron chi connectivity index (χ2n) is 5.40. The maximum atomic E-state index is 14.5. The van der Waals surface area contributed by atoms with E-state index in [-0.39, 0.29) is 22.4 Å². The molecule has 0 heterocycles. The average molecular weight is 373 g/mol. The van der Waals surface area contributed by atoms with Crippen molar-refractivity contribution in [3.8, 4) is 5.75 Å². The summed E-state index contributed by atoms with van der Waals surface area (Å²) in [4.78, 5) is 0. The van der Waals surface area contributed by atoms with Crippen molar-refractivity contribution in [1.29, 1.82) is 0 Å². The van der Waals surface area contributed by atoms with Gasteiger partial charge in [-0.25, -0.2) is 4.39 Å². The Morgan fingerprint density at radius 2 is 1.32 bits per heavy atom. The van der Waals surface area contributed by atoms with Gasteiger partial charge in [0.05, 0.1) is 5.56 Å². The van der Waals surface area contributed by atoms with E-state index in [1.54, 1.807) is 26.0 Å². The highest BCUT2D eigenvalue weighted by atomic mass is 79.9. The van der Waals surface area contributed by atoms with Gasteiger partial charge in [0.15, 0.2) is 0 Å². The maximum Gasteiger partial charge on any atom is 0.427 e. The van der Waals surface area contributed by atoms with Crippen molar-refractivity contribution >= 4 is 15.9 Å². The van der Waals surface area contributed by atoms with Crippen molar-refractivity contribution in [3.63, 3.8) is 0 Å². The fourth-order valence-corrected chi connectivity index (χ4v) is 3.22. The summed E-state index contributed by atoms with van der Waals surface area (Å²) < 4.78 is 48.3. The van der Waals surface area contributed by atoms with Crippen LogP contribution in [0.25, 0.3) is 0 Å². The van der Waals surface area contributed by atoms with Crippen molar-refractivity contribution in [3.05, 3.63) is 62.4 Å². The Morgan fingerprint density at radius 1 is 0.864 bits per heavy atom. The zero-order valence-corrected chi connectivity index (χ0v) is 14.3. The fourth-order valence-electron chi connectivity index (χ4n) is 2.53. The molecule has 2 aromatic rings. The molecule has 0 radical (unpaired) electrons. The molecule has 1 nitrogen and oxygen atoms in total. The molecular formula is C17H16BrF3O. The zero-order chi connectivity index (χ0) is 16.7. The summed E-state index contributed by atoms with van der Waals surface area (Å²) in [7, 11) is 0. The van der Waals surface area contributed by atoms with E-state index in [9.17, 15) is 13.2 Å². The summed E-state index contributed by atoms with van der Waals surface area (Å²) in [5, 5.41) is 0. The fraction of sp³-hybridized carbons (Fsp3) is 0.294. The molecule has 0 saturated heterocycles. The zero-order valence-electron chi connectivity index (χ0n) is 12.7. The van der Waals surface area contributed by atoms with Gasteiger partial charge in [0.2, 0.25) is 0 Å². The van der Waals surface area contributed by atoms with Crippen molar-refractivity contribution < 1.29 is 17.9 Å². The van der Waals surface area contributed by atoms with Gasteiger partial charge in [-0.15, -0.1) is 0 Å². The van der Waals surface area contributed by atoms with Crippen LogP contribution in [0.5, 0.6) is 5.75 Å². The van der Waals surface area contributed by atoms with E-state index in [4.69, 9.17) is 4.74 Å². The second-order valence-corrected chi connectivity index (χ2v) is 6.32. The van der Waals surface area contributed by atoms with Crippen molar-refractivity contribution in [2.45, 2.75) is 33.8 Å². The van der Waals surface area contributed by atoms with Crippen LogP contribution in [0, 0.1) is 33.5 Å². The minimum absolute atomic E-state index is 0.0527. The summed E-state index contributed by atoms with van der Waals surface area (Å²) >= 11 is 3.28. The lowest BCUT2D eigenvalue weighted by Gasteiger charge is -2.22. The van der Waals surface area contributed by atoms with Gasteiger partial charge in [0.25, 0.3) is 0 Å². The molecule has 22 heavy (non-hydrogen) atoms.